The van der Waals surface area contributed by atoms with Crippen molar-refractivity contribution in [2.45, 2.75) is 39.0 Å². The van der Waals surface area contributed by atoms with Gasteiger partial charge in [-0.3, -0.25) is 30.6 Å². The molecule has 0 saturated heterocycles. The van der Waals surface area contributed by atoms with Gasteiger partial charge < -0.3 is 14.3 Å². The molecule has 2 amide bonds. The number of unbranched alkanes of at least 4 members (excludes halogenated alkanes) is 4. The van der Waals surface area contributed by atoms with Gasteiger partial charge in [0, 0.05) is 17.2 Å². The van der Waals surface area contributed by atoms with Gasteiger partial charge in [0.1, 0.15) is 5.75 Å². The molecule has 0 unspecified atom stereocenters. The maximum Gasteiger partial charge on any atom is 0.311 e. The highest BCUT2D eigenvalue weighted by Gasteiger charge is 2.20. The molecule has 1 heterocycles. The summed E-state index contributed by atoms with van der Waals surface area (Å²) in [6.45, 7) is 2.78. The molecule has 10 nitrogen and oxygen atoms in total. The van der Waals surface area contributed by atoms with Crippen LogP contribution in [0.3, 0.4) is 0 Å². The van der Waals surface area contributed by atoms with E-state index in [2.05, 4.69) is 17.8 Å². The Morgan fingerprint density at radius 1 is 1.03 bits per heavy atom. The van der Waals surface area contributed by atoms with E-state index in [1.165, 1.54) is 31.6 Å². The van der Waals surface area contributed by atoms with Crippen LogP contribution in [0.1, 0.15) is 59.9 Å². The number of nitrogens with one attached hydrogen (secondary N) is 2. The van der Waals surface area contributed by atoms with E-state index < -0.39 is 28.2 Å². The summed E-state index contributed by atoms with van der Waals surface area (Å²) in [6.07, 6.45) is 7.03. The highest BCUT2D eigenvalue weighted by Crippen LogP contribution is 2.28. The number of phenolic OH excluding ortho intramolecular Hbond substituents is 1. The van der Waals surface area contributed by atoms with Crippen LogP contribution >= 0.6 is 0 Å². The highest BCUT2D eigenvalue weighted by atomic mass is 16.6. The number of phenols is 1. The van der Waals surface area contributed by atoms with Gasteiger partial charge in [0.15, 0.2) is 5.75 Å². The second-order valence-corrected chi connectivity index (χ2v) is 7.82. The summed E-state index contributed by atoms with van der Waals surface area (Å²) in [5.74, 6) is -1.44. The average Bonchev–Trinajstić information content (AvgIpc) is 3.35. The van der Waals surface area contributed by atoms with Gasteiger partial charge in [0.2, 0.25) is 5.76 Å². The summed E-state index contributed by atoms with van der Waals surface area (Å²) in [6, 6.07) is 12.0. The largest absolute Gasteiger partial charge is 0.502 e. The molecule has 35 heavy (non-hydrogen) atoms. The first kappa shape index (κ1) is 25.3. The monoisotopic (exact) mass is 481 g/mol. The van der Waals surface area contributed by atoms with E-state index in [0.717, 1.165) is 25.0 Å². The minimum atomic E-state index is -0.815. The number of rotatable bonds is 11. The van der Waals surface area contributed by atoms with E-state index in [-0.39, 0.29) is 11.3 Å². The second kappa shape index (κ2) is 12.2. The summed E-state index contributed by atoms with van der Waals surface area (Å²) < 4.78 is 11.2. The van der Waals surface area contributed by atoms with Crippen LogP contribution in [-0.2, 0) is 0 Å². The molecule has 0 atom stereocenters. The van der Waals surface area contributed by atoms with Gasteiger partial charge in [-0.05, 0) is 42.3 Å². The van der Waals surface area contributed by atoms with Crippen molar-refractivity contribution < 1.29 is 28.8 Å². The lowest BCUT2D eigenvalue weighted by Gasteiger charge is -2.09. The maximum absolute atomic E-state index is 12.6. The number of hydrogen-bond acceptors (Lipinski definition) is 7. The zero-order valence-corrected chi connectivity index (χ0v) is 19.3. The topological polar surface area (TPSA) is 144 Å². The Hall–Kier alpha value is -4.34. The van der Waals surface area contributed by atoms with Crippen LogP contribution in [0, 0.1) is 10.1 Å². The number of nitro groups is 1. The Kier molecular flexibility index (Phi) is 8.82. The number of furan rings is 1. The van der Waals surface area contributed by atoms with Crippen LogP contribution in [-0.4, -0.2) is 28.5 Å². The molecular weight excluding hydrogens is 454 g/mol. The van der Waals surface area contributed by atoms with Crippen molar-refractivity contribution in [3.63, 3.8) is 0 Å². The van der Waals surface area contributed by atoms with E-state index in [9.17, 15) is 24.8 Å². The van der Waals surface area contributed by atoms with Crippen LogP contribution in [0.2, 0.25) is 0 Å². The first-order chi connectivity index (χ1) is 16.9. The number of hydrogen-bond donors (Lipinski definition) is 3. The van der Waals surface area contributed by atoms with Crippen molar-refractivity contribution in [2.24, 2.45) is 0 Å². The summed E-state index contributed by atoms with van der Waals surface area (Å²) in [5, 5.41) is 20.5. The van der Waals surface area contributed by atoms with Gasteiger partial charge in [-0.1, -0.05) is 44.7 Å². The Bertz CT molecular complexity index is 1190. The van der Waals surface area contributed by atoms with Crippen LogP contribution in [0.15, 0.2) is 59.2 Å². The Balaban J connectivity index is 1.62. The molecular formula is C25H27N3O7. The number of carbonyl (C=O) groups excluding carboxylic acids is 2. The molecule has 3 aromatic rings. The molecule has 3 rings (SSSR count). The smallest absolute Gasteiger partial charge is 0.311 e. The number of amides is 2. The number of benzene rings is 2. The van der Waals surface area contributed by atoms with Gasteiger partial charge >= 0.3 is 11.6 Å². The molecule has 10 heteroatoms. The summed E-state index contributed by atoms with van der Waals surface area (Å²) in [7, 11) is 0. The predicted octanol–water partition coefficient (Wildman–Crippen LogP) is 4.98. The highest BCUT2D eigenvalue weighted by molar-refractivity contribution is 6.01. The number of ether oxygens (including phenoxy) is 1. The molecule has 0 aliphatic heterocycles. The molecule has 0 radical (unpaired) electrons. The summed E-state index contributed by atoms with van der Waals surface area (Å²) in [5.41, 5.74) is 4.88. The Labute approximate surface area is 202 Å². The summed E-state index contributed by atoms with van der Waals surface area (Å²) in [4.78, 5) is 35.1. The van der Waals surface area contributed by atoms with E-state index in [1.54, 1.807) is 6.07 Å². The van der Waals surface area contributed by atoms with Crippen molar-refractivity contribution in [3.8, 4) is 22.6 Å². The van der Waals surface area contributed by atoms with E-state index in [1.807, 2.05) is 24.3 Å². The number of nitrogens with zero attached hydrogens (tertiary/aromatic N) is 1. The Morgan fingerprint density at radius 2 is 1.80 bits per heavy atom. The van der Waals surface area contributed by atoms with Crippen molar-refractivity contribution >= 4 is 17.5 Å². The molecule has 2 aromatic carbocycles. The van der Waals surface area contributed by atoms with E-state index in [0.29, 0.717) is 23.5 Å². The molecule has 0 saturated carbocycles. The minimum absolute atomic E-state index is 0.0290. The van der Waals surface area contributed by atoms with Crippen LogP contribution in [0.4, 0.5) is 5.69 Å². The first-order valence-electron chi connectivity index (χ1n) is 11.3. The van der Waals surface area contributed by atoms with Gasteiger partial charge in [-0.25, -0.2) is 0 Å². The quantitative estimate of drug-likeness (QED) is 0.199. The van der Waals surface area contributed by atoms with Gasteiger partial charge in [-0.2, -0.15) is 0 Å². The third-order valence-electron chi connectivity index (χ3n) is 5.26. The summed E-state index contributed by atoms with van der Waals surface area (Å²) >= 11 is 0. The third kappa shape index (κ3) is 6.83. The standard InChI is InChI=1S/C25H27N3O7/c1-2-3-4-5-6-13-34-19-9-7-8-17(15-19)20-12-14-35-23(20)25(31)27-26-24(30)18-10-11-22(29)21(16-18)28(32)33/h7-12,14-16,29H,2-6,13H2,1H3,(H,26,30)(H,27,31). The van der Waals surface area contributed by atoms with Gasteiger partial charge in [0.05, 0.1) is 17.8 Å². The van der Waals surface area contributed by atoms with Gasteiger partial charge in [-0.15, -0.1) is 0 Å². The number of carbonyl (C=O) groups is 2. The molecule has 0 aliphatic carbocycles. The molecule has 0 aliphatic rings. The zero-order valence-electron chi connectivity index (χ0n) is 19.3. The lowest BCUT2D eigenvalue weighted by atomic mass is 10.1. The van der Waals surface area contributed by atoms with E-state index in [4.69, 9.17) is 9.15 Å². The third-order valence-corrected chi connectivity index (χ3v) is 5.26. The van der Waals surface area contributed by atoms with Crippen LogP contribution in [0.25, 0.3) is 11.1 Å². The van der Waals surface area contributed by atoms with Crippen LogP contribution < -0.4 is 15.6 Å². The van der Waals surface area contributed by atoms with Crippen molar-refractivity contribution in [1.29, 1.82) is 0 Å². The van der Waals surface area contributed by atoms with Gasteiger partial charge in [0.25, 0.3) is 5.91 Å². The maximum atomic E-state index is 12.6. The van der Waals surface area contributed by atoms with Crippen molar-refractivity contribution in [2.75, 3.05) is 6.61 Å². The predicted molar refractivity (Wildman–Crippen MR) is 128 cm³/mol. The molecule has 0 bridgehead atoms. The Morgan fingerprint density at radius 3 is 2.57 bits per heavy atom. The fraction of sp³-hybridized carbons (Fsp3) is 0.280. The fourth-order valence-corrected chi connectivity index (χ4v) is 3.41. The molecule has 1 aromatic heterocycles. The second-order valence-electron chi connectivity index (χ2n) is 7.82. The van der Waals surface area contributed by atoms with Crippen molar-refractivity contribution in [1.82, 2.24) is 10.9 Å². The molecule has 3 N–H and O–H groups in total. The average molecular weight is 482 g/mol. The lowest BCUT2D eigenvalue weighted by molar-refractivity contribution is -0.385. The molecule has 184 valence electrons. The minimum Gasteiger partial charge on any atom is -0.502 e. The fourth-order valence-electron chi connectivity index (χ4n) is 3.41. The van der Waals surface area contributed by atoms with Crippen molar-refractivity contribution in [3.05, 3.63) is 76.2 Å². The number of nitro benzene ring substituents is 1. The number of aromatic hydroxyl groups is 1. The zero-order chi connectivity index (χ0) is 25.2. The normalized spacial score (nSPS) is 10.5. The number of hydrazine groups is 1. The SMILES string of the molecule is CCCCCCCOc1cccc(-c2ccoc2C(=O)NNC(=O)c2ccc(O)c([N+](=O)[O-])c2)c1. The molecule has 0 fully saturated rings. The lowest BCUT2D eigenvalue weighted by Crippen LogP contribution is -2.41. The van der Waals surface area contributed by atoms with Crippen LogP contribution in [0.5, 0.6) is 11.5 Å². The molecule has 0 spiro atoms. The first-order valence-corrected chi connectivity index (χ1v) is 11.3. The van der Waals surface area contributed by atoms with E-state index >= 15 is 0 Å².